The lowest BCUT2D eigenvalue weighted by atomic mass is 9.78. The molecule has 116 valence electrons. The van der Waals surface area contributed by atoms with Crippen LogP contribution >= 0.6 is 0 Å². The topological polar surface area (TPSA) is 75.3 Å². The van der Waals surface area contributed by atoms with Crippen molar-refractivity contribution in [2.75, 3.05) is 17.6 Å². The number of aromatic carboxylic acids is 1. The van der Waals surface area contributed by atoms with Gasteiger partial charge in [-0.25, -0.2) is 4.79 Å². The van der Waals surface area contributed by atoms with Gasteiger partial charge in [-0.3, -0.25) is 0 Å². The molecule has 4 N–H and O–H groups in total. The van der Waals surface area contributed by atoms with E-state index in [1.165, 1.54) is 38.2 Å². The van der Waals surface area contributed by atoms with E-state index in [-0.39, 0.29) is 5.56 Å². The number of hydrogen-bond acceptors (Lipinski definition) is 3. The molecule has 0 bridgehead atoms. The molecular weight excluding hydrogens is 264 g/mol. The zero-order valence-electron chi connectivity index (χ0n) is 13.0. The molecule has 4 nitrogen and oxygen atoms in total. The van der Waals surface area contributed by atoms with Crippen molar-refractivity contribution in [3.63, 3.8) is 0 Å². The molecule has 1 saturated carbocycles. The van der Waals surface area contributed by atoms with Crippen LogP contribution in [0.1, 0.15) is 56.3 Å². The van der Waals surface area contributed by atoms with Crippen LogP contribution in [-0.4, -0.2) is 17.6 Å². The van der Waals surface area contributed by atoms with E-state index in [2.05, 4.69) is 19.2 Å². The van der Waals surface area contributed by atoms with Gasteiger partial charge in [0, 0.05) is 6.54 Å². The Bertz CT molecular complexity index is 506. The maximum absolute atomic E-state index is 10.9. The second kappa shape index (κ2) is 6.37. The molecule has 1 aliphatic rings. The first-order valence-corrected chi connectivity index (χ1v) is 7.79. The van der Waals surface area contributed by atoms with Gasteiger partial charge in [0.1, 0.15) is 0 Å². The van der Waals surface area contributed by atoms with Crippen LogP contribution in [0, 0.1) is 11.3 Å². The molecular formula is C17H26N2O2. The summed E-state index contributed by atoms with van der Waals surface area (Å²) in [6.07, 6.45) is 6.38. The van der Waals surface area contributed by atoms with Crippen molar-refractivity contribution in [3.05, 3.63) is 23.8 Å². The zero-order chi connectivity index (χ0) is 15.5. The third kappa shape index (κ3) is 3.90. The largest absolute Gasteiger partial charge is 0.478 e. The zero-order valence-corrected chi connectivity index (χ0v) is 13.0. The molecule has 1 aromatic carbocycles. The van der Waals surface area contributed by atoms with Gasteiger partial charge in [0.15, 0.2) is 0 Å². The summed E-state index contributed by atoms with van der Waals surface area (Å²) in [6.45, 7) is 5.47. The molecule has 1 aliphatic carbocycles. The Morgan fingerprint density at radius 3 is 2.57 bits per heavy atom. The van der Waals surface area contributed by atoms with Crippen LogP contribution in [-0.2, 0) is 0 Å². The Labute approximate surface area is 126 Å². The van der Waals surface area contributed by atoms with E-state index in [1.54, 1.807) is 12.1 Å². The molecule has 0 heterocycles. The summed E-state index contributed by atoms with van der Waals surface area (Å²) in [5, 5.41) is 12.4. The SMILES string of the molecule is CC(C)CC1(CNc2ccc(C(=O)O)cc2N)CCCC1. The lowest BCUT2D eigenvalue weighted by molar-refractivity contribution is 0.0697. The van der Waals surface area contributed by atoms with Gasteiger partial charge < -0.3 is 16.2 Å². The minimum Gasteiger partial charge on any atom is -0.478 e. The van der Waals surface area contributed by atoms with Crippen LogP contribution in [0.2, 0.25) is 0 Å². The van der Waals surface area contributed by atoms with Gasteiger partial charge in [0.05, 0.1) is 16.9 Å². The van der Waals surface area contributed by atoms with E-state index in [9.17, 15) is 4.79 Å². The number of nitrogens with two attached hydrogens (primary N) is 1. The molecule has 0 radical (unpaired) electrons. The highest BCUT2D eigenvalue weighted by Crippen LogP contribution is 2.43. The molecule has 0 unspecified atom stereocenters. The third-order valence-corrected chi connectivity index (χ3v) is 4.46. The van der Waals surface area contributed by atoms with Crippen molar-refractivity contribution >= 4 is 17.3 Å². The maximum atomic E-state index is 10.9. The van der Waals surface area contributed by atoms with Crippen molar-refractivity contribution in [3.8, 4) is 0 Å². The first-order valence-electron chi connectivity index (χ1n) is 7.79. The predicted molar refractivity (Wildman–Crippen MR) is 86.7 cm³/mol. The van der Waals surface area contributed by atoms with Gasteiger partial charge >= 0.3 is 5.97 Å². The fraction of sp³-hybridized carbons (Fsp3) is 0.588. The average molecular weight is 290 g/mol. The number of anilines is 2. The van der Waals surface area contributed by atoms with E-state index >= 15 is 0 Å². The highest BCUT2D eigenvalue weighted by Gasteiger charge is 2.34. The first-order chi connectivity index (χ1) is 9.92. The van der Waals surface area contributed by atoms with E-state index in [0.29, 0.717) is 17.0 Å². The molecule has 0 aliphatic heterocycles. The number of nitrogens with one attached hydrogen (secondary N) is 1. The summed E-state index contributed by atoms with van der Waals surface area (Å²) >= 11 is 0. The van der Waals surface area contributed by atoms with Crippen molar-refractivity contribution in [2.24, 2.45) is 11.3 Å². The molecule has 1 aromatic rings. The van der Waals surface area contributed by atoms with Gasteiger partial charge in [-0.05, 0) is 48.8 Å². The fourth-order valence-electron chi connectivity index (χ4n) is 3.58. The minimum atomic E-state index is -0.944. The predicted octanol–water partition coefficient (Wildman–Crippen LogP) is 3.99. The molecule has 1 fully saturated rings. The van der Waals surface area contributed by atoms with E-state index in [0.717, 1.165) is 12.2 Å². The van der Waals surface area contributed by atoms with Gasteiger partial charge in [-0.1, -0.05) is 26.7 Å². The Balaban J connectivity index is 2.06. The number of carbonyl (C=O) groups is 1. The quantitative estimate of drug-likeness (QED) is 0.693. The van der Waals surface area contributed by atoms with E-state index < -0.39 is 5.97 Å². The minimum absolute atomic E-state index is 0.232. The Morgan fingerprint density at radius 2 is 2.05 bits per heavy atom. The number of benzene rings is 1. The lowest BCUT2D eigenvalue weighted by Crippen LogP contribution is -2.28. The summed E-state index contributed by atoms with van der Waals surface area (Å²) in [5.74, 6) is -0.253. The molecule has 21 heavy (non-hydrogen) atoms. The van der Waals surface area contributed by atoms with E-state index in [4.69, 9.17) is 10.8 Å². The van der Waals surface area contributed by atoms with Crippen LogP contribution in [0.25, 0.3) is 0 Å². The smallest absolute Gasteiger partial charge is 0.335 e. The molecule has 0 amide bonds. The molecule has 4 heteroatoms. The van der Waals surface area contributed by atoms with Gasteiger partial charge in [-0.15, -0.1) is 0 Å². The molecule has 0 atom stereocenters. The average Bonchev–Trinajstić information content (AvgIpc) is 2.85. The van der Waals surface area contributed by atoms with Crippen LogP contribution in [0.5, 0.6) is 0 Å². The number of hydrogen-bond donors (Lipinski definition) is 3. The molecule has 0 aromatic heterocycles. The third-order valence-electron chi connectivity index (χ3n) is 4.46. The summed E-state index contributed by atoms with van der Waals surface area (Å²) in [7, 11) is 0. The van der Waals surface area contributed by atoms with Gasteiger partial charge in [-0.2, -0.15) is 0 Å². The van der Waals surface area contributed by atoms with Crippen LogP contribution < -0.4 is 11.1 Å². The maximum Gasteiger partial charge on any atom is 0.335 e. The van der Waals surface area contributed by atoms with Crippen LogP contribution in [0.3, 0.4) is 0 Å². The number of carboxylic acid groups (broad SMARTS) is 1. The van der Waals surface area contributed by atoms with Crippen LogP contribution in [0.15, 0.2) is 18.2 Å². The molecule has 2 rings (SSSR count). The standard InChI is InChI=1S/C17H26N2O2/c1-12(2)10-17(7-3-4-8-17)11-19-15-6-5-13(16(20)21)9-14(15)18/h5-6,9,12,19H,3-4,7-8,10-11,18H2,1-2H3,(H,20,21). The Hall–Kier alpha value is -1.71. The molecule has 0 spiro atoms. The monoisotopic (exact) mass is 290 g/mol. The Kier molecular flexibility index (Phi) is 4.76. The first kappa shape index (κ1) is 15.7. The summed E-state index contributed by atoms with van der Waals surface area (Å²) < 4.78 is 0. The van der Waals surface area contributed by atoms with Crippen LogP contribution in [0.4, 0.5) is 11.4 Å². The van der Waals surface area contributed by atoms with E-state index in [1.807, 2.05) is 0 Å². The normalized spacial score (nSPS) is 17.1. The van der Waals surface area contributed by atoms with Crippen molar-refractivity contribution in [1.82, 2.24) is 0 Å². The number of nitrogen functional groups attached to an aromatic ring is 1. The summed E-state index contributed by atoms with van der Waals surface area (Å²) in [6, 6.07) is 4.90. The van der Waals surface area contributed by atoms with Crippen molar-refractivity contribution < 1.29 is 9.90 Å². The Morgan fingerprint density at radius 1 is 1.38 bits per heavy atom. The van der Waals surface area contributed by atoms with Crippen molar-refractivity contribution in [1.29, 1.82) is 0 Å². The molecule has 0 saturated heterocycles. The highest BCUT2D eigenvalue weighted by molar-refractivity contribution is 5.90. The lowest BCUT2D eigenvalue weighted by Gasteiger charge is -2.32. The summed E-state index contributed by atoms with van der Waals surface area (Å²) in [5.41, 5.74) is 7.91. The van der Waals surface area contributed by atoms with Gasteiger partial charge in [0.25, 0.3) is 0 Å². The number of rotatable bonds is 6. The van der Waals surface area contributed by atoms with Gasteiger partial charge in [0.2, 0.25) is 0 Å². The fourth-order valence-corrected chi connectivity index (χ4v) is 3.58. The number of carboxylic acids is 1. The van der Waals surface area contributed by atoms with Crippen molar-refractivity contribution in [2.45, 2.75) is 46.0 Å². The second-order valence-corrected chi connectivity index (χ2v) is 6.77. The second-order valence-electron chi connectivity index (χ2n) is 6.77. The summed E-state index contributed by atoms with van der Waals surface area (Å²) in [4.78, 5) is 10.9. The highest BCUT2D eigenvalue weighted by atomic mass is 16.4.